The summed E-state index contributed by atoms with van der Waals surface area (Å²) in [4.78, 5) is 27.9. The number of anilines is 1. The first-order chi connectivity index (χ1) is 13.7. The highest BCUT2D eigenvalue weighted by atomic mass is 35.5. The zero-order valence-corrected chi connectivity index (χ0v) is 16.3. The second kappa shape index (κ2) is 8.32. The first-order valence-electron chi connectivity index (χ1n) is 8.81. The molecular formula is C20H18ClF3N2O3. The normalized spacial score (nSPS) is 14.2. The Hall–Kier alpha value is -2.74. The number of benzene rings is 2. The van der Waals surface area contributed by atoms with Gasteiger partial charge in [-0.2, -0.15) is 13.2 Å². The van der Waals surface area contributed by atoms with Gasteiger partial charge in [0, 0.05) is 23.7 Å². The highest BCUT2D eigenvalue weighted by Crippen LogP contribution is 2.33. The minimum atomic E-state index is -4.57. The average Bonchev–Trinajstić information content (AvgIpc) is 3.09. The zero-order chi connectivity index (χ0) is 21.2. The number of hydrogen-bond acceptors (Lipinski definition) is 3. The molecule has 2 aromatic carbocycles. The summed E-state index contributed by atoms with van der Waals surface area (Å²) in [7, 11) is 1.37. The minimum absolute atomic E-state index is 0.0200. The first kappa shape index (κ1) is 21.0. The Morgan fingerprint density at radius 2 is 2.00 bits per heavy atom. The van der Waals surface area contributed by atoms with Gasteiger partial charge in [-0.25, -0.2) is 0 Å². The fourth-order valence-electron chi connectivity index (χ4n) is 3.13. The van der Waals surface area contributed by atoms with Gasteiger partial charge in [0.1, 0.15) is 12.4 Å². The number of carbonyl (C=O) groups excluding carboxylic acids is 2. The lowest BCUT2D eigenvalue weighted by atomic mass is 10.1. The molecule has 1 heterocycles. The monoisotopic (exact) mass is 426 g/mol. The van der Waals surface area contributed by atoms with Crippen molar-refractivity contribution in [3.8, 4) is 5.75 Å². The van der Waals surface area contributed by atoms with Crippen LogP contribution in [0.2, 0.25) is 5.02 Å². The van der Waals surface area contributed by atoms with Crippen LogP contribution in [0.3, 0.4) is 0 Å². The van der Waals surface area contributed by atoms with Crippen LogP contribution in [0.4, 0.5) is 18.9 Å². The fourth-order valence-corrected chi connectivity index (χ4v) is 3.30. The first-order valence-corrected chi connectivity index (χ1v) is 9.19. The van der Waals surface area contributed by atoms with Crippen LogP contribution in [-0.4, -0.2) is 37.0 Å². The maximum atomic E-state index is 13.3. The van der Waals surface area contributed by atoms with Crippen LogP contribution in [0.15, 0.2) is 42.5 Å². The summed E-state index contributed by atoms with van der Waals surface area (Å²) >= 11 is 6.01. The minimum Gasteiger partial charge on any atom is -0.496 e. The van der Waals surface area contributed by atoms with Gasteiger partial charge in [0.05, 0.1) is 18.2 Å². The van der Waals surface area contributed by atoms with Crippen LogP contribution >= 0.6 is 11.6 Å². The molecule has 1 saturated heterocycles. The Labute approximate surface area is 170 Å². The van der Waals surface area contributed by atoms with Crippen LogP contribution in [0, 0.1) is 0 Å². The molecule has 0 spiro atoms. The summed E-state index contributed by atoms with van der Waals surface area (Å²) in [6.07, 6.45) is -3.60. The van der Waals surface area contributed by atoms with E-state index < -0.39 is 17.6 Å². The number of methoxy groups -OCH3 is 1. The van der Waals surface area contributed by atoms with E-state index in [2.05, 4.69) is 0 Å². The molecule has 0 radical (unpaired) electrons. The van der Waals surface area contributed by atoms with Gasteiger partial charge < -0.3 is 9.64 Å². The molecule has 2 amide bonds. The standard InChI is InChI=1S/C20H18ClF3N2O3/c1-29-17-8-7-14(21)11-16(17)19(28)26(12-25-9-3-6-18(25)27)15-5-2-4-13(10-15)20(22,23)24/h2,4-5,7-8,10-11H,3,6,9,12H2,1H3. The van der Waals surface area contributed by atoms with Gasteiger partial charge in [-0.15, -0.1) is 0 Å². The molecule has 5 nitrogen and oxygen atoms in total. The topological polar surface area (TPSA) is 49.9 Å². The highest BCUT2D eigenvalue weighted by molar-refractivity contribution is 6.31. The summed E-state index contributed by atoms with van der Waals surface area (Å²) < 4.78 is 44.8. The second-order valence-corrected chi connectivity index (χ2v) is 6.96. The molecule has 29 heavy (non-hydrogen) atoms. The Balaban J connectivity index is 2.05. The van der Waals surface area contributed by atoms with Gasteiger partial charge in [0.25, 0.3) is 5.91 Å². The van der Waals surface area contributed by atoms with Crippen LogP contribution in [0.1, 0.15) is 28.8 Å². The van der Waals surface area contributed by atoms with Crippen LogP contribution < -0.4 is 9.64 Å². The van der Waals surface area contributed by atoms with Gasteiger partial charge in [-0.1, -0.05) is 17.7 Å². The number of alkyl halides is 3. The molecule has 0 saturated carbocycles. The summed E-state index contributed by atoms with van der Waals surface area (Å²) in [5.74, 6) is -0.555. The molecule has 2 aromatic rings. The maximum absolute atomic E-state index is 13.3. The number of amides is 2. The molecule has 1 fully saturated rings. The molecular weight excluding hydrogens is 409 g/mol. The van der Waals surface area contributed by atoms with Gasteiger partial charge in [0.2, 0.25) is 5.91 Å². The lowest BCUT2D eigenvalue weighted by Crippen LogP contribution is -2.42. The van der Waals surface area contributed by atoms with E-state index in [-0.39, 0.29) is 34.6 Å². The Kier molecular flexibility index (Phi) is 6.02. The number of ether oxygens (including phenoxy) is 1. The number of carbonyl (C=O) groups is 2. The zero-order valence-electron chi connectivity index (χ0n) is 15.5. The van der Waals surface area contributed by atoms with Crippen molar-refractivity contribution in [1.29, 1.82) is 0 Å². The van der Waals surface area contributed by atoms with Crippen molar-refractivity contribution in [3.63, 3.8) is 0 Å². The Bertz CT molecular complexity index is 933. The van der Waals surface area contributed by atoms with Crippen molar-refractivity contribution < 1.29 is 27.5 Å². The van der Waals surface area contributed by atoms with Gasteiger partial charge in [0.15, 0.2) is 0 Å². The third kappa shape index (κ3) is 4.64. The van der Waals surface area contributed by atoms with E-state index in [4.69, 9.17) is 16.3 Å². The molecule has 0 N–H and O–H groups in total. The Morgan fingerprint density at radius 3 is 2.62 bits per heavy atom. The second-order valence-electron chi connectivity index (χ2n) is 6.53. The molecule has 0 unspecified atom stereocenters. The largest absolute Gasteiger partial charge is 0.496 e. The molecule has 0 aromatic heterocycles. The van der Waals surface area contributed by atoms with Crippen molar-refractivity contribution in [1.82, 2.24) is 4.90 Å². The summed E-state index contributed by atoms with van der Waals surface area (Å²) in [5.41, 5.74) is -0.783. The average molecular weight is 427 g/mol. The SMILES string of the molecule is COc1ccc(Cl)cc1C(=O)N(CN1CCCC1=O)c1cccc(C(F)(F)F)c1. The molecule has 0 aliphatic carbocycles. The predicted octanol–water partition coefficient (Wildman–Crippen LogP) is 4.59. The molecule has 1 aliphatic heterocycles. The third-order valence-electron chi connectivity index (χ3n) is 4.61. The Morgan fingerprint density at radius 1 is 1.24 bits per heavy atom. The number of hydrogen-bond donors (Lipinski definition) is 0. The van der Waals surface area contributed by atoms with Crippen molar-refractivity contribution in [2.24, 2.45) is 0 Å². The number of nitrogens with zero attached hydrogens (tertiary/aromatic N) is 2. The van der Waals surface area contributed by atoms with Crippen LogP contribution in [-0.2, 0) is 11.0 Å². The summed E-state index contributed by atoms with van der Waals surface area (Å²) in [6.45, 7) is 0.253. The van der Waals surface area contributed by atoms with Crippen LogP contribution in [0.5, 0.6) is 5.75 Å². The smallest absolute Gasteiger partial charge is 0.416 e. The van der Waals surface area contributed by atoms with E-state index in [0.717, 1.165) is 17.0 Å². The molecule has 0 atom stereocenters. The van der Waals surface area contributed by atoms with Gasteiger partial charge in [-0.3, -0.25) is 14.5 Å². The van der Waals surface area contributed by atoms with E-state index >= 15 is 0 Å². The molecule has 1 aliphatic rings. The maximum Gasteiger partial charge on any atom is 0.416 e. The quantitative estimate of drug-likeness (QED) is 0.702. The van der Waals surface area contributed by atoms with E-state index in [1.54, 1.807) is 0 Å². The highest BCUT2D eigenvalue weighted by Gasteiger charge is 2.33. The number of rotatable bonds is 5. The van der Waals surface area contributed by atoms with E-state index in [1.165, 1.54) is 42.3 Å². The number of halogens is 4. The fraction of sp³-hybridized carbons (Fsp3) is 0.300. The van der Waals surface area contributed by atoms with Gasteiger partial charge in [-0.05, 0) is 42.8 Å². The molecule has 0 bridgehead atoms. The van der Waals surface area contributed by atoms with E-state index in [0.29, 0.717) is 19.4 Å². The predicted molar refractivity (Wildman–Crippen MR) is 102 cm³/mol. The van der Waals surface area contributed by atoms with Crippen molar-refractivity contribution in [3.05, 3.63) is 58.6 Å². The molecule has 154 valence electrons. The van der Waals surface area contributed by atoms with E-state index in [1.807, 2.05) is 0 Å². The summed E-state index contributed by atoms with van der Waals surface area (Å²) in [6, 6.07) is 8.85. The van der Waals surface area contributed by atoms with Crippen molar-refractivity contribution in [2.75, 3.05) is 25.2 Å². The third-order valence-corrected chi connectivity index (χ3v) is 4.84. The van der Waals surface area contributed by atoms with E-state index in [9.17, 15) is 22.8 Å². The number of likely N-dealkylation sites (tertiary alicyclic amines) is 1. The molecule has 3 rings (SSSR count). The lowest BCUT2D eigenvalue weighted by molar-refractivity contribution is -0.137. The lowest BCUT2D eigenvalue weighted by Gasteiger charge is -2.29. The summed E-state index contributed by atoms with van der Waals surface area (Å²) in [5, 5.41) is 0.274. The molecule has 9 heteroatoms. The van der Waals surface area contributed by atoms with Crippen LogP contribution in [0.25, 0.3) is 0 Å². The van der Waals surface area contributed by atoms with Crippen molar-refractivity contribution in [2.45, 2.75) is 19.0 Å². The van der Waals surface area contributed by atoms with Gasteiger partial charge >= 0.3 is 6.18 Å². The van der Waals surface area contributed by atoms with Crippen molar-refractivity contribution >= 4 is 29.1 Å².